The van der Waals surface area contributed by atoms with Crippen LogP contribution in [0.2, 0.25) is 0 Å². The number of hydrogen-bond donors (Lipinski definition) is 1. The molecule has 0 aliphatic carbocycles. The van der Waals surface area contributed by atoms with E-state index in [1.165, 1.54) is 4.68 Å². The highest BCUT2D eigenvalue weighted by Gasteiger charge is 2.08. The molecule has 1 heterocycles. The van der Waals surface area contributed by atoms with E-state index in [1.807, 2.05) is 13.8 Å². The van der Waals surface area contributed by atoms with E-state index in [4.69, 9.17) is 0 Å². The maximum absolute atomic E-state index is 11.9. The van der Waals surface area contributed by atoms with Crippen LogP contribution in [0.15, 0.2) is 15.5 Å². The normalized spacial score (nSPS) is 12.4. The van der Waals surface area contributed by atoms with Crippen LogP contribution >= 0.6 is 15.9 Å². The molecular weight excluding hydrogens is 318 g/mol. The lowest BCUT2D eigenvalue weighted by Crippen LogP contribution is -2.25. The summed E-state index contributed by atoms with van der Waals surface area (Å²) in [6.45, 7) is 5.06. The molecule has 5 nitrogen and oxygen atoms in total. The van der Waals surface area contributed by atoms with Gasteiger partial charge in [0.05, 0.1) is 11.9 Å². The number of rotatable bonds is 7. The molecule has 0 aromatic carbocycles. The number of aryl methyl sites for hydroxylation is 1. The molecule has 0 spiro atoms. The van der Waals surface area contributed by atoms with Gasteiger partial charge in [0.15, 0.2) is 0 Å². The van der Waals surface area contributed by atoms with E-state index >= 15 is 0 Å². The molecule has 1 N–H and O–H groups in total. The second kappa shape index (κ2) is 7.68. The zero-order valence-electron chi connectivity index (χ0n) is 10.6. The minimum absolute atomic E-state index is 0.140. The molecule has 18 heavy (non-hydrogen) atoms. The van der Waals surface area contributed by atoms with Crippen molar-refractivity contribution in [1.82, 2.24) is 9.78 Å². The molecule has 0 amide bonds. The predicted molar refractivity (Wildman–Crippen MR) is 78.5 cm³/mol. The lowest BCUT2D eigenvalue weighted by atomic mass is 10.4. The Labute approximate surface area is 118 Å². The van der Waals surface area contributed by atoms with Gasteiger partial charge in [0.1, 0.15) is 4.47 Å². The number of hydrogen-bond acceptors (Lipinski definition) is 4. The summed E-state index contributed by atoms with van der Waals surface area (Å²) in [5.41, 5.74) is 0.513. The Morgan fingerprint density at radius 2 is 2.22 bits per heavy atom. The minimum atomic E-state index is -0.802. The average Bonchev–Trinajstić information content (AvgIpc) is 2.37. The van der Waals surface area contributed by atoms with E-state index in [2.05, 4.69) is 26.3 Å². The third-order valence-electron chi connectivity index (χ3n) is 2.39. The molecule has 0 aliphatic rings. The van der Waals surface area contributed by atoms with Gasteiger partial charge in [0, 0.05) is 35.4 Å². The summed E-state index contributed by atoms with van der Waals surface area (Å²) in [5.74, 6) is 1.22. The van der Waals surface area contributed by atoms with Crippen molar-refractivity contribution in [3.8, 4) is 0 Å². The van der Waals surface area contributed by atoms with E-state index in [-0.39, 0.29) is 5.56 Å². The van der Waals surface area contributed by atoms with E-state index in [0.29, 0.717) is 34.8 Å². The van der Waals surface area contributed by atoms with Crippen LogP contribution in [0.1, 0.15) is 20.3 Å². The molecule has 0 saturated heterocycles. The maximum Gasteiger partial charge on any atom is 0.283 e. The Balaban J connectivity index is 2.70. The number of anilines is 1. The largest absolute Gasteiger partial charge is 0.382 e. The summed E-state index contributed by atoms with van der Waals surface area (Å²) in [6.07, 6.45) is 2.48. The lowest BCUT2D eigenvalue weighted by molar-refractivity contribution is 0.566. The molecule has 7 heteroatoms. The topological polar surface area (TPSA) is 64.0 Å². The van der Waals surface area contributed by atoms with E-state index in [1.54, 1.807) is 6.20 Å². The first-order valence-electron chi connectivity index (χ1n) is 5.94. The quantitative estimate of drug-likeness (QED) is 0.821. The van der Waals surface area contributed by atoms with Crippen LogP contribution < -0.4 is 10.9 Å². The molecule has 1 rings (SSSR count). The Bertz CT molecular complexity index is 476. The van der Waals surface area contributed by atoms with E-state index in [0.717, 1.165) is 6.42 Å². The van der Waals surface area contributed by atoms with Crippen molar-refractivity contribution < 1.29 is 4.21 Å². The van der Waals surface area contributed by atoms with Gasteiger partial charge in [-0.3, -0.25) is 9.00 Å². The molecular formula is C11H18BrN3O2S. The highest BCUT2D eigenvalue weighted by Crippen LogP contribution is 2.15. The molecule has 0 aliphatic heterocycles. The van der Waals surface area contributed by atoms with Gasteiger partial charge in [0.2, 0.25) is 0 Å². The summed E-state index contributed by atoms with van der Waals surface area (Å²) < 4.78 is 13.2. The van der Waals surface area contributed by atoms with Crippen LogP contribution in [0.4, 0.5) is 5.69 Å². The van der Waals surface area contributed by atoms with Crippen LogP contribution in [0.25, 0.3) is 0 Å². The number of halogens is 1. The smallest absolute Gasteiger partial charge is 0.283 e. The first kappa shape index (κ1) is 15.4. The second-order valence-corrected chi connectivity index (χ2v) is 6.42. The van der Waals surface area contributed by atoms with Crippen LogP contribution in [0, 0.1) is 0 Å². The molecule has 1 unspecified atom stereocenters. The summed E-state index contributed by atoms with van der Waals surface area (Å²) in [4.78, 5) is 11.9. The molecule has 0 saturated carbocycles. The molecule has 1 aromatic rings. The SMILES string of the molecule is CCCn1ncc(NCCS(=O)CC)c(Br)c1=O. The monoisotopic (exact) mass is 335 g/mol. The molecule has 0 bridgehead atoms. The fourth-order valence-corrected chi connectivity index (χ4v) is 2.47. The van der Waals surface area contributed by atoms with Gasteiger partial charge in [-0.15, -0.1) is 0 Å². The van der Waals surface area contributed by atoms with Crippen molar-refractivity contribution >= 4 is 32.4 Å². The fraction of sp³-hybridized carbons (Fsp3) is 0.636. The van der Waals surface area contributed by atoms with Crippen molar-refractivity contribution in [1.29, 1.82) is 0 Å². The third kappa shape index (κ3) is 4.20. The van der Waals surface area contributed by atoms with Gasteiger partial charge < -0.3 is 5.32 Å². The number of nitrogens with one attached hydrogen (secondary N) is 1. The van der Waals surface area contributed by atoms with Gasteiger partial charge in [-0.05, 0) is 22.4 Å². The van der Waals surface area contributed by atoms with Gasteiger partial charge in [-0.25, -0.2) is 4.68 Å². The van der Waals surface area contributed by atoms with Crippen molar-refractivity contribution in [3.63, 3.8) is 0 Å². The molecule has 1 atom stereocenters. The van der Waals surface area contributed by atoms with Gasteiger partial charge in [0.25, 0.3) is 5.56 Å². The van der Waals surface area contributed by atoms with Gasteiger partial charge >= 0.3 is 0 Å². The highest BCUT2D eigenvalue weighted by atomic mass is 79.9. The molecule has 0 fully saturated rings. The van der Waals surface area contributed by atoms with E-state index in [9.17, 15) is 9.00 Å². The second-order valence-electron chi connectivity index (χ2n) is 3.76. The van der Waals surface area contributed by atoms with Gasteiger partial charge in [-0.2, -0.15) is 5.10 Å². The summed E-state index contributed by atoms with van der Waals surface area (Å²) in [5, 5.41) is 7.16. The first-order valence-corrected chi connectivity index (χ1v) is 8.22. The van der Waals surface area contributed by atoms with Crippen LogP contribution in [0.5, 0.6) is 0 Å². The van der Waals surface area contributed by atoms with E-state index < -0.39 is 10.8 Å². The van der Waals surface area contributed by atoms with Crippen molar-refractivity contribution in [3.05, 3.63) is 21.0 Å². The zero-order chi connectivity index (χ0) is 13.5. The van der Waals surface area contributed by atoms with Crippen molar-refractivity contribution in [2.24, 2.45) is 0 Å². The van der Waals surface area contributed by atoms with Crippen molar-refractivity contribution in [2.75, 3.05) is 23.4 Å². The van der Waals surface area contributed by atoms with Crippen LogP contribution in [-0.4, -0.2) is 32.0 Å². The Hall–Kier alpha value is -0.690. The first-order chi connectivity index (χ1) is 8.60. The number of nitrogens with zero attached hydrogens (tertiary/aromatic N) is 2. The summed E-state index contributed by atoms with van der Waals surface area (Å²) >= 11 is 3.27. The van der Waals surface area contributed by atoms with Crippen LogP contribution in [0.3, 0.4) is 0 Å². The Morgan fingerprint density at radius 1 is 1.50 bits per heavy atom. The highest BCUT2D eigenvalue weighted by molar-refractivity contribution is 9.10. The summed E-state index contributed by atoms with van der Waals surface area (Å²) in [6, 6.07) is 0. The van der Waals surface area contributed by atoms with Crippen molar-refractivity contribution in [2.45, 2.75) is 26.8 Å². The van der Waals surface area contributed by atoms with Crippen LogP contribution in [-0.2, 0) is 17.3 Å². The average molecular weight is 336 g/mol. The fourth-order valence-electron chi connectivity index (χ4n) is 1.40. The molecule has 102 valence electrons. The zero-order valence-corrected chi connectivity index (χ0v) is 13.0. The predicted octanol–water partition coefficient (Wildman–Crippen LogP) is 1.60. The lowest BCUT2D eigenvalue weighted by Gasteiger charge is -2.09. The maximum atomic E-state index is 11.9. The number of aromatic nitrogens is 2. The molecule has 0 radical (unpaired) electrons. The standard InChI is InChI=1S/C11H18BrN3O2S/c1-3-6-15-11(16)10(12)9(8-14-15)13-5-7-18(17)4-2/h8,13H,3-7H2,1-2H3. The Morgan fingerprint density at radius 3 is 2.83 bits per heavy atom. The summed E-state index contributed by atoms with van der Waals surface area (Å²) in [7, 11) is -0.802. The Kier molecular flexibility index (Phi) is 6.56. The third-order valence-corrected chi connectivity index (χ3v) is 4.46. The molecule has 1 aromatic heterocycles. The van der Waals surface area contributed by atoms with Gasteiger partial charge in [-0.1, -0.05) is 13.8 Å². The minimum Gasteiger partial charge on any atom is -0.382 e.